The number of rotatable bonds is 10. The number of hydrogen-bond donors (Lipinski definition) is 1. The highest BCUT2D eigenvalue weighted by Gasteiger charge is 2.40. The summed E-state index contributed by atoms with van der Waals surface area (Å²) in [4.78, 5) is 30.5. The highest BCUT2D eigenvalue weighted by atomic mass is 16.5. The second-order valence-corrected chi connectivity index (χ2v) is 7.33. The second-order valence-electron chi connectivity index (χ2n) is 7.33. The molecule has 3 heterocycles. The number of hydrogen-bond acceptors (Lipinski definition) is 5. The van der Waals surface area contributed by atoms with Crippen LogP contribution in [0.15, 0.2) is 89.8 Å². The maximum absolute atomic E-state index is 13.1. The predicted molar refractivity (Wildman–Crippen MR) is 112 cm³/mol. The molecule has 164 valence electrons. The molecule has 0 saturated heterocycles. The van der Waals surface area contributed by atoms with Gasteiger partial charge in [0.15, 0.2) is 5.76 Å². The number of nitrogens with zero attached hydrogens (tertiary/aromatic N) is 2. The Morgan fingerprint density at radius 2 is 2.22 bits per heavy atom. The number of furan rings is 1. The van der Waals surface area contributed by atoms with Crippen LogP contribution in [-0.2, 0) is 11.3 Å². The number of ether oxygens (including phenoxy) is 1. The molecule has 2 aromatic heterocycles. The molecule has 4 rings (SSSR count). The Bertz CT molecular complexity index is 1130. The van der Waals surface area contributed by atoms with Crippen molar-refractivity contribution in [3.8, 4) is 5.75 Å². The molecule has 0 saturated carbocycles. The number of Topliss-reactive ketones (excluding diaryl/α,β-unsaturated/α-hetero) is 1. The van der Waals surface area contributed by atoms with E-state index in [0.29, 0.717) is 37.4 Å². The average Bonchev–Trinajstić information content (AvgIpc) is 3.56. The molecule has 0 fully saturated rings. The maximum Gasteiger partial charge on any atom is 0.241 e. The fourth-order valence-corrected chi connectivity index (χ4v) is 3.80. The van der Waals surface area contributed by atoms with Crippen molar-refractivity contribution in [3.05, 3.63) is 96.7 Å². The zero-order chi connectivity index (χ0) is 22.5. The third kappa shape index (κ3) is 4.20. The number of amides is 1. The number of imidazole rings is 1. The van der Waals surface area contributed by atoms with Crippen LogP contribution < -0.4 is 14.4 Å². The van der Waals surface area contributed by atoms with Crippen molar-refractivity contribution >= 4 is 11.7 Å². The number of aromatic amines is 1. The second kappa shape index (κ2) is 9.38. The molecule has 1 aliphatic heterocycles. The lowest BCUT2D eigenvalue weighted by atomic mass is 9.95. The van der Waals surface area contributed by atoms with E-state index in [0.717, 1.165) is 0 Å². The van der Waals surface area contributed by atoms with Gasteiger partial charge in [0.1, 0.15) is 24.8 Å². The molecular formula is C24H23N3O5. The van der Waals surface area contributed by atoms with Gasteiger partial charge in [-0.05, 0) is 35.6 Å². The summed E-state index contributed by atoms with van der Waals surface area (Å²) in [6.45, 7) is 4.91. The molecular weight excluding hydrogens is 410 g/mol. The van der Waals surface area contributed by atoms with Gasteiger partial charge in [-0.15, -0.1) is 0 Å². The number of nitrogens with one attached hydrogen (secondary N) is 1. The van der Waals surface area contributed by atoms with Gasteiger partial charge < -0.3 is 19.2 Å². The SMILES string of the molecule is C=CCOc1cccc(C2C(C(=O)c3ccco3)=C([O-])C(=O)N2CCC[n+]2cc[nH]c2)c1. The van der Waals surface area contributed by atoms with Crippen molar-refractivity contribution in [2.24, 2.45) is 0 Å². The molecule has 1 atom stereocenters. The molecule has 3 aromatic rings. The monoisotopic (exact) mass is 433 g/mol. The summed E-state index contributed by atoms with van der Waals surface area (Å²) in [5.74, 6) is -1.50. The number of carbonyl (C=O) groups excluding carboxylic acids is 2. The predicted octanol–water partition coefficient (Wildman–Crippen LogP) is 1.93. The van der Waals surface area contributed by atoms with Gasteiger partial charge in [0, 0.05) is 18.5 Å². The minimum Gasteiger partial charge on any atom is -0.868 e. The fourth-order valence-electron chi connectivity index (χ4n) is 3.80. The van der Waals surface area contributed by atoms with E-state index in [-0.39, 0.29) is 11.3 Å². The van der Waals surface area contributed by atoms with E-state index in [1.807, 2.05) is 17.1 Å². The molecule has 1 unspecified atom stereocenters. The van der Waals surface area contributed by atoms with E-state index >= 15 is 0 Å². The molecule has 32 heavy (non-hydrogen) atoms. The van der Waals surface area contributed by atoms with Crippen LogP contribution in [0.2, 0.25) is 0 Å². The summed E-state index contributed by atoms with van der Waals surface area (Å²) < 4.78 is 12.8. The van der Waals surface area contributed by atoms with E-state index in [2.05, 4.69) is 11.6 Å². The van der Waals surface area contributed by atoms with Crippen LogP contribution in [0.25, 0.3) is 0 Å². The fraction of sp³-hybridized carbons (Fsp3) is 0.208. The van der Waals surface area contributed by atoms with Crippen molar-refractivity contribution in [2.75, 3.05) is 13.2 Å². The van der Waals surface area contributed by atoms with Crippen molar-refractivity contribution in [2.45, 2.75) is 19.0 Å². The first-order valence-electron chi connectivity index (χ1n) is 10.3. The first kappa shape index (κ1) is 21.2. The van der Waals surface area contributed by atoms with Crippen LogP contribution in [0, 0.1) is 0 Å². The normalized spacial score (nSPS) is 15.9. The number of ketones is 1. The third-order valence-electron chi connectivity index (χ3n) is 5.23. The van der Waals surface area contributed by atoms with Crippen molar-refractivity contribution < 1.29 is 28.4 Å². The van der Waals surface area contributed by atoms with E-state index in [4.69, 9.17) is 9.15 Å². The third-order valence-corrected chi connectivity index (χ3v) is 5.23. The summed E-state index contributed by atoms with van der Waals surface area (Å²) in [5.41, 5.74) is 0.509. The molecule has 1 aliphatic rings. The van der Waals surface area contributed by atoms with E-state index < -0.39 is 23.5 Å². The van der Waals surface area contributed by atoms with Crippen LogP contribution in [0.1, 0.15) is 28.6 Å². The van der Waals surface area contributed by atoms with Gasteiger partial charge in [0.25, 0.3) is 0 Å². The quantitative estimate of drug-likeness (QED) is 0.299. The summed E-state index contributed by atoms with van der Waals surface area (Å²) in [7, 11) is 0. The summed E-state index contributed by atoms with van der Waals surface area (Å²) in [6.07, 6.45) is 9.08. The maximum atomic E-state index is 13.1. The molecule has 0 radical (unpaired) electrons. The lowest BCUT2D eigenvalue weighted by molar-refractivity contribution is -0.695. The molecule has 8 heteroatoms. The molecule has 1 aromatic carbocycles. The molecule has 1 amide bonds. The van der Waals surface area contributed by atoms with Gasteiger partial charge >= 0.3 is 0 Å². The number of benzene rings is 1. The van der Waals surface area contributed by atoms with Gasteiger partial charge in [-0.3, -0.25) is 14.6 Å². The van der Waals surface area contributed by atoms with Crippen molar-refractivity contribution in [1.29, 1.82) is 0 Å². The van der Waals surface area contributed by atoms with Crippen molar-refractivity contribution in [3.63, 3.8) is 0 Å². The zero-order valence-corrected chi connectivity index (χ0v) is 17.4. The first-order chi connectivity index (χ1) is 15.6. The van der Waals surface area contributed by atoms with Crippen LogP contribution in [0.5, 0.6) is 5.75 Å². The van der Waals surface area contributed by atoms with E-state index in [1.165, 1.54) is 17.2 Å². The topological polar surface area (TPSA) is 102 Å². The van der Waals surface area contributed by atoms with Gasteiger partial charge in [-0.25, -0.2) is 4.57 Å². The van der Waals surface area contributed by atoms with Crippen LogP contribution in [0.3, 0.4) is 0 Å². The Hall–Kier alpha value is -4.07. The standard InChI is InChI=1S/C24H23N3O5/c1-2-13-31-18-7-3-6-17(15-18)21-20(22(28)19-8-4-14-32-19)23(29)24(30)27(21)11-5-10-26-12-9-25-16-26/h2-4,6-9,12,14-16,21H,1,5,10-11,13H2,(H,28,29). The van der Waals surface area contributed by atoms with Crippen LogP contribution in [0.4, 0.5) is 0 Å². The van der Waals surface area contributed by atoms with Crippen LogP contribution in [-0.4, -0.2) is 34.7 Å². The Morgan fingerprint density at radius 3 is 2.94 bits per heavy atom. The Kier molecular flexibility index (Phi) is 6.21. The minimum atomic E-state index is -0.823. The highest BCUT2D eigenvalue weighted by molar-refractivity contribution is 6.14. The summed E-state index contributed by atoms with van der Waals surface area (Å²) >= 11 is 0. The molecule has 0 spiro atoms. The lowest BCUT2D eigenvalue weighted by Crippen LogP contribution is -2.37. The largest absolute Gasteiger partial charge is 0.868 e. The minimum absolute atomic E-state index is 0.0231. The Labute approximate surface area is 185 Å². The number of H-pyrrole nitrogens is 1. The lowest BCUT2D eigenvalue weighted by Gasteiger charge is -2.27. The highest BCUT2D eigenvalue weighted by Crippen LogP contribution is 2.39. The molecule has 8 nitrogen and oxygen atoms in total. The number of aromatic nitrogens is 2. The van der Waals surface area contributed by atoms with Crippen LogP contribution >= 0.6 is 0 Å². The molecule has 0 aliphatic carbocycles. The average molecular weight is 433 g/mol. The summed E-state index contributed by atoms with van der Waals surface area (Å²) in [6, 6.07) is 9.29. The Morgan fingerprint density at radius 1 is 1.34 bits per heavy atom. The van der Waals surface area contributed by atoms with Gasteiger partial charge in [0.05, 0.1) is 18.8 Å². The zero-order valence-electron chi connectivity index (χ0n) is 17.4. The van der Waals surface area contributed by atoms with Gasteiger partial charge in [-0.1, -0.05) is 24.8 Å². The Balaban J connectivity index is 1.67. The first-order valence-corrected chi connectivity index (χ1v) is 10.3. The molecule has 0 bridgehead atoms. The van der Waals surface area contributed by atoms with Gasteiger partial charge in [-0.2, -0.15) is 0 Å². The van der Waals surface area contributed by atoms with Crippen molar-refractivity contribution in [1.82, 2.24) is 9.88 Å². The number of aryl methyl sites for hydroxylation is 1. The van der Waals surface area contributed by atoms with Gasteiger partial charge in [0.2, 0.25) is 18.0 Å². The smallest absolute Gasteiger partial charge is 0.241 e. The number of carbonyl (C=O) groups is 2. The summed E-state index contributed by atoms with van der Waals surface area (Å²) in [5, 5.41) is 12.9. The van der Waals surface area contributed by atoms with E-state index in [1.54, 1.807) is 42.6 Å². The molecule has 1 N–H and O–H groups in total. The van der Waals surface area contributed by atoms with E-state index in [9.17, 15) is 14.7 Å².